The molecule has 2 rings (SSSR count). The number of anilines is 1. The van der Waals surface area contributed by atoms with Crippen LogP contribution < -0.4 is 15.4 Å². The number of ether oxygens (including phenoxy) is 2. The first kappa shape index (κ1) is 19.1. The van der Waals surface area contributed by atoms with E-state index in [4.69, 9.17) is 9.47 Å². The predicted molar refractivity (Wildman–Crippen MR) is 86.7 cm³/mol. The zero-order valence-corrected chi connectivity index (χ0v) is 13.9. The molecule has 1 saturated heterocycles. The van der Waals surface area contributed by atoms with E-state index in [9.17, 15) is 24.9 Å². The molecule has 9 heteroatoms. The minimum Gasteiger partial charge on any atom is -0.463 e. The van der Waals surface area contributed by atoms with Crippen molar-refractivity contribution >= 4 is 17.5 Å². The van der Waals surface area contributed by atoms with Gasteiger partial charge in [-0.3, -0.25) is 9.59 Å². The van der Waals surface area contributed by atoms with E-state index < -0.39 is 43.2 Å². The molecule has 9 nitrogen and oxygen atoms in total. The monoisotopic (exact) mass is 354 g/mol. The maximum absolute atomic E-state index is 11.4. The second-order valence-electron chi connectivity index (χ2n) is 5.76. The Bertz CT molecular complexity index is 607. The molecule has 1 aromatic carbocycles. The Hall–Kier alpha value is -2.20. The van der Waals surface area contributed by atoms with Gasteiger partial charge >= 0.3 is 0 Å². The molecule has 138 valence electrons. The maximum atomic E-state index is 11.4. The van der Waals surface area contributed by atoms with E-state index in [2.05, 4.69) is 10.6 Å². The third kappa shape index (κ3) is 4.89. The number of aliphatic hydroxyl groups excluding tert-OH is 3. The van der Waals surface area contributed by atoms with E-state index in [0.29, 0.717) is 11.4 Å². The zero-order valence-electron chi connectivity index (χ0n) is 13.9. The van der Waals surface area contributed by atoms with Crippen LogP contribution in [0.4, 0.5) is 5.69 Å². The van der Waals surface area contributed by atoms with Crippen LogP contribution in [0.25, 0.3) is 0 Å². The van der Waals surface area contributed by atoms with Crippen LogP contribution in [0.5, 0.6) is 5.75 Å². The van der Waals surface area contributed by atoms with Gasteiger partial charge in [0.2, 0.25) is 18.1 Å². The summed E-state index contributed by atoms with van der Waals surface area (Å²) in [4.78, 5) is 22.4. The van der Waals surface area contributed by atoms with Gasteiger partial charge in [-0.2, -0.15) is 0 Å². The zero-order chi connectivity index (χ0) is 18.6. The van der Waals surface area contributed by atoms with Crippen molar-refractivity contribution in [1.82, 2.24) is 5.32 Å². The van der Waals surface area contributed by atoms with Crippen molar-refractivity contribution in [3.8, 4) is 5.75 Å². The fraction of sp³-hybridized carbons (Fsp3) is 0.500. The molecule has 0 unspecified atom stereocenters. The average molecular weight is 354 g/mol. The van der Waals surface area contributed by atoms with Crippen molar-refractivity contribution in [2.45, 2.75) is 44.5 Å². The van der Waals surface area contributed by atoms with Crippen LogP contribution >= 0.6 is 0 Å². The summed E-state index contributed by atoms with van der Waals surface area (Å²) in [5, 5.41) is 34.5. The van der Waals surface area contributed by atoms with Gasteiger partial charge in [-0.1, -0.05) is 0 Å². The van der Waals surface area contributed by atoms with Gasteiger partial charge in [-0.15, -0.1) is 0 Å². The summed E-state index contributed by atoms with van der Waals surface area (Å²) in [5.41, 5.74) is 0.575. The summed E-state index contributed by atoms with van der Waals surface area (Å²) in [7, 11) is 0. The summed E-state index contributed by atoms with van der Waals surface area (Å²) in [6, 6.07) is 5.35. The van der Waals surface area contributed by atoms with Crippen LogP contribution in [0.15, 0.2) is 24.3 Å². The summed E-state index contributed by atoms with van der Waals surface area (Å²) in [6.45, 7) is 2.13. The molecule has 1 fully saturated rings. The summed E-state index contributed by atoms with van der Waals surface area (Å²) in [6.07, 6.45) is -4.92. The predicted octanol–water partition coefficient (Wildman–Crippen LogP) is -1.03. The lowest BCUT2D eigenvalue weighted by Gasteiger charge is -2.42. The lowest BCUT2D eigenvalue weighted by atomic mass is 9.97. The molecule has 1 aromatic rings. The molecular weight excluding hydrogens is 332 g/mol. The number of hydrogen-bond donors (Lipinski definition) is 5. The van der Waals surface area contributed by atoms with Crippen LogP contribution in [0, 0.1) is 0 Å². The molecule has 0 aliphatic carbocycles. The molecular formula is C16H22N2O7. The quantitative estimate of drug-likeness (QED) is 0.456. The van der Waals surface area contributed by atoms with Crippen molar-refractivity contribution in [1.29, 1.82) is 0 Å². The number of amides is 2. The Morgan fingerprint density at radius 3 is 2.28 bits per heavy atom. The average Bonchev–Trinajstić information content (AvgIpc) is 2.55. The first-order valence-corrected chi connectivity index (χ1v) is 7.75. The van der Waals surface area contributed by atoms with Crippen molar-refractivity contribution in [2.24, 2.45) is 0 Å². The molecule has 0 spiro atoms. The van der Waals surface area contributed by atoms with Gasteiger partial charge in [-0.05, 0) is 24.3 Å². The summed E-state index contributed by atoms with van der Waals surface area (Å²) < 4.78 is 11.1. The van der Waals surface area contributed by atoms with E-state index in [1.54, 1.807) is 24.3 Å². The minimum atomic E-state index is -1.38. The van der Waals surface area contributed by atoms with Gasteiger partial charge < -0.3 is 35.4 Å². The fourth-order valence-electron chi connectivity index (χ4n) is 2.53. The van der Waals surface area contributed by atoms with E-state index in [1.807, 2.05) is 0 Å². The van der Waals surface area contributed by atoms with Crippen LogP contribution in [-0.4, -0.2) is 64.4 Å². The second kappa shape index (κ2) is 8.26. The highest BCUT2D eigenvalue weighted by molar-refractivity contribution is 5.88. The topological polar surface area (TPSA) is 137 Å². The highest BCUT2D eigenvalue weighted by Gasteiger charge is 2.46. The maximum Gasteiger partial charge on any atom is 0.223 e. The molecule has 0 radical (unpaired) electrons. The number of nitrogens with one attached hydrogen (secondary N) is 2. The van der Waals surface area contributed by atoms with Crippen molar-refractivity contribution in [3.63, 3.8) is 0 Å². The summed E-state index contributed by atoms with van der Waals surface area (Å²) >= 11 is 0. The molecule has 1 aliphatic rings. The van der Waals surface area contributed by atoms with Crippen molar-refractivity contribution < 1.29 is 34.4 Å². The lowest BCUT2D eigenvalue weighted by Crippen LogP contribution is -2.65. The molecule has 25 heavy (non-hydrogen) atoms. The number of benzene rings is 1. The Labute approximate surface area is 144 Å². The Kier molecular flexibility index (Phi) is 6.32. The van der Waals surface area contributed by atoms with Crippen LogP contribution in [0.3, 0.4) is 0 Å². The van der Waals surface area contributed by atoms with Crippen LogP contribution in [0.2, 0.25) is 0 Å². The third-order valence-corrected chi connectivity index (χ3v) is 3.68. The number of rotatable bonds is 5. The molecule has 5 atom stereocenters. The molecule has 1 heterocycles. The van der Waals surface area contributed by atoms with Crippen molar-refractivity contribution in [2.75, 3.05) is 11.9 Å². The largest absolute Gasteiger partial charge is 0.463 e. The van der Waals surface area contributed by atoms with E-state index in [1.165, 1.54) is 13.8 Å². The van der Waals surface area contributed by atoms with E-state index in [0.717, 1.165) is 0 Å². The number of carbonyl (C=O) groups excluding carboxylic acids is 2. The van der Waals surface area contributed by atoms with Gasteiger partial charge in [-0.25, -0.2) is 0 Å². The lowest BCUT2D eigenvalue weighted by molar-refractivity contribution is -0.244. The molecule has 0 bridgehead atoms. The van der Waals surface area contributed by atoms with Gasteiger partial charge in [0.25, 0.3) is 0 Å². The standard InChI is InChI=1S/C16H22N2O7/c1-8(20)17-10-3-5-11(6-4-10)24-16-13(18-9(2)21)15(23)14(22)12(7-19)25-16/h3-6,12-16,19,22-23H,7H2,1-2H3,(H,17,20)(H,18,21)/t12-,13-,14-,15-,16+/m1/s1. The van der Waals surface area contributed by atoms with Crippen LogP contribution in [-0.2, 0) is 14.3 Å². The molecule has 0 aromatic heterocycles. The molecule has 1 aliphatic heterocycles. The Balaban J connectivity index is 2.15. The SMILES string of the molecule is CC(=O)Nc1ccc(O[C@H]2O[C@H](CO)[C@@H](O)[C@H](O)[C@H]2NC(C)=O)cc1. The minimum absolute atomic E-state index is 0.210. The smallest absolute Gasteiger partial charge is 0.223 e. The number of aliphatic hydroxyl groups is 3. The van der Waals surface area contributed by atoms with Gasteiger partial charge in [0.05, 0.1) is 6.61 Å². The molecule has 5 N–H and O–H groups in total. The van der Waals surface area contributed by atoms with E-state index in [-0.39, 0.29) is 5.91 Å². The molecule has 2 amide bonds. The van der Waals surface area contributed by atoms with E-state index >= 15 is 0 Å². The Morgan fingerprint density at radius 2 is 1.76 bits per heavy atom. The van der Waals surface area contributed by atoms with Crippen molar-refractivity contribution in [3.05, 3.63) is 24.3 Å². The molecule has 0 saturated carbocycles. The normalized spacial score (nSPS) is 28.9. The fourth-order valence-corrected chi connectivity index (χ4v) is 2.53. The third-order valence-electron chi connectivity index (χ3n) is 3.68. The first-order valence-electron chi connectivity index (χ1n) is 7.75. The Morgan fingerprint density at radius 1 is 1.12 bits per heavy atom. The second-order valence-corrected chi connectivity index (χ2v) is 5.76. The first-order chi connectivity index (χ1) is 11.8. The number of hydrogen-bond acceptors (Lipinski definition) is 7. The summed E-state index contributed by atoms with van der Waals surface area (Å²) in [5.74, 6) is -0.287. The van der Waals surface area contributed by atoms with Gasteiger partial charge in [0.1, 0.15) is 30.1 Å². The highest BCUT2D eigenvalue weighted by atomic mass is 16.7. The van der Waals surface area contributed by atoms with Gasteiger partial charge in [0, 0.05) is 19.5 Å². The van der Waals surface area contributed by atoms with Gasteiger partial charge in [0.15, 0.2) is 0 Å². The highest BCUT2D eigenvalue weighted by Crippen LogP contribution is 2.25. The number of carbonyl (C=O) groups is 2. The van der Waals surface area contributed by atoms with Crippen LogP contribution in [0.1, 0.15) is 13.8 Å².